The Balaban J connectivity index is 1.54. The van der Waals surface area contributed by atoms with Crippen LogP contribution in [0.1, 0.15) is 43.3 Å². The first-order valence-corrected chi connectivity index (χ1v) is 8.60. The van der Waals surface area contributed by atoms with Gasteiger partial charge in [-0.3, -0.25) is 4.79 Å². The van der Waals surface area contributed by atoms with Crippen molar-refractivity contribution < 1.29 is 4.79 Å². The fraction of sp³-hybridized carbons (Fsp3) is 0.733. The van der Waals surface area contributed by atoms with Crippen LogP contribution < -0.4 is 10.6 Å². The summed E-state index contributed by atoms with van der Waals surface area (Å²) in [5.41, 5.74) is 0.993. The minimum Gasteiger partial charge on any atom is -0.350 e. The van der Waals surface area contributed by atoms with E-state index in [1.54, 1.807) is 11.3 Å². The summed E-state index contributed by atoms with van der Waals surface area (Å²) < 4.78 is 0. The summed E-state index contributed by atoms with van der Waals surface area (Å²) in [6.07, 6.45) is 5.67. The molecule has 1 aliphatic heterocycles. The number of amides is 1. The summed E-state index contributed by atoms with van der Waals surface area (Å²) >= 11 is 1.68. The first-order valence-electron chi connectivity index (χ1n) is 7.72. The van der Waals surface area contributed by atoms with Gasteiger partial charge in [0.15, 0.2) is 0 Å². The van der Waals surface area contributed by atoms with Gasteiger partial charge in [-0.05, 0) is 44.6 Å². The van der Waals surface area contributed by atoms with Crippen molar-refractivity contribution in [1.29, 1.82) is 0 Å². The molecule has 0 unspecified atom stereocenters. The van der Waals surface area contributed by atoms with Gasteiger partial charge in [-0.2, -0.15) is 0 Å². The molecule has 2 atom stereocenters. The molecule has 2 N–H and O–H groups in total. The van der Waals surface area contributed by atoms with Crippen molar-refractivity contribution in [3.63, 3.8) is 0 Å². The summed E-state index contributed by atoms with van der Waals surface area (Å²) in [6, 6.07) is 0.408. The number of piperidine rings is 1. The molecule has 1 saturated carbocycles. The highest BCUT2D eigenvalue weighted by Crippen LogP contribution is 2.38. The number of aromatic nitrogens is 1. The number of carbonyl (C=O) groups is 1. The molecule has 3 rings (SSSR count). The third-order valence-electron chi connectivity index (χ3n) is 4.32. The van der Waals surface area contributed by atoms with Crippen molar-refractivity contribution in [2.45, 2.75) is 51.6 Å². The average Bonchev–Trinajstić information content (AvgIpc) is 3.23. The van der Waals surface area contributed by atoms with Gasteiger partial charge >= 0.3 is 0 Å². The Bertz CT molecular complexity index is 469. The van der Waals surface area contributed by atoms with Crippen LogP contribution in [-0.4, -0.2) is 23.5 Å². The maximum atomic E-state index is 12.4. The standard InChI is InChI=1S/C15H23N3OS/c1-2-13-18-11(9-20-13)8-17-15(19)12-4-3-7-16-14(12)10-5-6-10/h9-10,12,14,16H,2-8H2,1H3,(H,17,19)/t12-,14-/m1/s1. The highest BCUT2D eigenvalue weighted by atomic mass is 32.1. The minimum atomic E-state index is 0.153. The molecule has 0 bridgehead atoms. The number of thiazole rings is 1. The van der Waals surface area contributed by atoms with E-state index in [2.05, 4.69) is 27.9 Å². The molecule has 0 aromatic carbocycles. The number of carbonyl (C=O) groups excluding carboxylic acids is 1. The maximum absolute atomic E-state index is 12.4. The Labute approximate surface area is 124 Å². The molecule has 2 aliphatic rings. The molecule has 20 heavy (non-hydrogen) atoms. The smallest absolute Gasteiger partial charge is 0.225 e. The number of nitrogens with zero attached hydrogens (tertiary/aromatic N) is 1. The average molecular weight is 293 g/mol. The normalized spacial score (nSPS) is 26.4. The topological polar surface area (TPSA) is 54.0 Å². The lowest BCUT2D eigenvalue weighted by atomic mass is 9.87. The molecule has 4 nitrogen and oxygen atoms in total. The Hall–Kier alpha value is -0.940. The van der Waals surface area contributed by atoms with Crippen molar-refractivity contribution in [3.05, 3.63) is 16.1 Å². The third kappa shape index (κ3) is 3.20. The predicted molar refractivity (Wildman–Crippen MR) is 80.6 cm³/mol. The summed E-state index contributed by atoms with van der Waals surface area (Å²) in [4.78, 5) is 16.9. The largest absolute Gasteiger partial charge is 0.350 e. The monoisotopic (exact) mass is 293 g/mol. The number of hydrogen-bond donors (Lipinski definition) is 2. The predicted octanol–water partition coefficient (Wildman–Crippen LogP) is 2.10. The van der Waals surface area contributed by atoms with Crippen molar-refractivity contribution in [3.8, 4) is 0 Å². The second kappa shape index (κ2) is 6.22. The third-order valence-corrected chi connectivity index (χ3v) is 5.36. The second-order valence-corrected chi connectivity index (χ2v) is 6.81. The SMILES string of the molecule is CCc1nc(CNC(=O)[C@@H]2CCCN[C@@H]2C2CC2)cs1. The van der Waals surface area contributed by atoms with E-state index in [0.717, 1.165) is 42.4 Å². The van der Waals surface area contributed by atoms with E-state index in [0.29, 0.717) is 12.6 Å². The molecule has 0 spiro atoms. The lowest BCUT2D eigenvalue weighted by Crippen LogP contribution is -2.49. The van der Waals surface area contributed by atoms with Gasteiger partial charge in [0.2, 0.25) is 5.91 Å². The van der Waals surface area contributed by atoms with Gasteiger partial charge in [0, 0.05) is 11.4 Å². The van der Waals surface area contributed by atoms with E-state index in [-0.39, 0.29) is 11.8 Å². The van der Waals surface area contributed by atoms with Crippen LogP contribution in [0.3, 0.4) is 0 Å². The summed E-state index contributed by atoms with van der Waals surface area (Å²) in [7, 11) is 0. The molecule has 110 valence electrons. The van der Waals surface area contributed by atoms with E-state index in [1.807, 2.05) is 0 Å². The minimum absolute atomic E-state index is 0.153. The van der Waals surface area contributed by atoms with Crippen LogP contribution in [0, 0.1) is 11.8 Å². The summed E-state index contributed by atoms with van der Waals surface area (Å²) in [6.45, 7) is 3.75. The molecule has 5 heteroatoms. The number of aryl methyl sites for hydroxylation is 1. The number of nitrogens with one attached hydrogen (secondary N) is 2. The van der Waals surface area contributed by atoms with Crippen LogP contribution >= 0.6 is 11.3 Å². The van der Waals surface area contributed by atoms with E-state index in [9.17, 15) is 4.79 Å². The van der Waals surface area contributed by atoms with Gasteiger partial charge in [-0.25, -0.2) is 4.98 Å². The van der Waals surface area contributed by atoms with Gasteiger partial charge in [-0.1, -0.05) is 6.92 Å². The molecule has 2 fully saturated rings. The highest BCUT2D eigenvalue weighted by Gasteiger charge is 2.40. The molecule has 1 aliphatic carbocycles. The number of rotatable bonds is 5. The van der Waals surface area contributed by atoms with Crippen LogP contribution in [0.25, 0.3) is 0 Å². The van der Waals surface area contributed by atoms with Crippen LogP contribution in [-0.2, 0) is 17.8 Å². The van der Waals surface area contributed by atoms with Crippen LogP contribution in [0.15, 0.2) is 5.38 Å². The second-order valence-electron chi connectivity index (χ2n) is 5.87. The highest BCUT2D eigenvalue weighted by molar-refractivity contribution is 7.09. The van der Waals surface area contributed by atoms with Gasteiger partial charge in [0.1, 0.15) is 0 Å². The first kappa shape index (κ1) is 14.0. The Morgan fingerprint density at radius 1 is 1.50 bits per heavy atom. The van der Waals surface area contributed by atoms with Gasteiger partial charge in [-0.15, -0.1) is 11.3 Å². The molecule has 1 saturated heterocycles. The zero-order chi connectivity index (χ0) is 13.9. The van der Waals surface area contributed by atoms with Gasteiger partial charge in [0.25, 0.3) is 0 Å². The lowest BCUT2D eigenvalue weighted by molar-refractivity contribution is -0.127. The van der Waals surface area contributed by atoms with Gasteiger partial charge in [0.05, 0.1) is 23.2 Å². The zero-order valence-electron chi connectivity index (χ0n) is 12.0. The van der Waals surface area contributed by atoms with Crippen molar-refractivity contribution in [2.24, 2.45) is 11.8 Å². The van der Waals surface area contributed by atoms with E-state index < -0.39 is 0 Å². The maximum Gasteiger partial charge on any atom is 0.225 e. The molecule has 1 aromatic heterocycles. The van der Waals surface area contributed by atoms with Gasteiger partial charge < -0.3 is 10.6 Å². The summed E-state index contributed by atoms with van der Waals surface area (Å²) in [5, 5.41) is 9.83. The molecular weight excluding hydrogens is 270 g/mol. The summed E-state index contributed by atoms with van der Waals surface area (Å²) in [5.74, 6) is 1.10. The Morgan fingerprint density at radius 2 is 2.35 bits per heavy atom. The molecule has 2 heterocycles. The molecule has 0 radical (unpaired) electrons. The van der Waals surface area contributed by atoms with Crippen molar-refractivity contribution in [1.82, 2.24) is 15.6 Å². The molecule has 1 amide bonds. The van der Waals surface area contributed by atoms with Crippen molar-refractivity contribution >= 4 is 17.2 Å². The van der Waals surface area contributed by atoms with Crippen LogP contribution in [0.2, 0.25) is 0 Å². The van der Waals surface area contributed by atoms with E-state index >= 15 is 0 Å². The molecule has 1 aromatic rings. The van der Waals surface area contributed by atoms with Crippen molar-refractivity contribution in [2.75, 3.05) is 6.54 Å². The first-order chi connectivity index (χ1) is 9.78. The van der Waals surface area contributed by atoms with Crippen LogP contribution in [0.4, 0.5) is 0 Å². The van der Waals surface area contributed by atoms with E-state index in [4.69, 9.17) is 0 Å². The fourth-order valence-electron chi connectivity index (χ4n) is 3.06. The molecular formula is C15H23N3OS. The Morgan fingerprint density at radius 3 is 3.05 bits per heavy atom. The lowest BCUT2D eigenvalue weighted by Gasteiger charge is -2.31. The quantitative estimate of drug-likeness (QED) is 0.874. The fourth-order valence-corrected chi connectivity index (χ4v) is 3.80. The Kier molecular flexibility index (Phi) is 4.36. The van der Waals surface area contributed by atoms with E-state index in [1.165, 1.54) is 12.8 Å². The van der Waals surface area contributed by atoms with Crippen LogP contribution in [0.5, 0.6) is 0 Å². The number of hydrogen-bond acceptors (Lipinski definition) is 4. The zero-order valence-corrected chi connectivity index (χ0v) is 12.8.